The number of nitrogens with zero attached hydrogens (tertiary/aromatic N) is 2. The van der Waals surface area contributed by atoms with Crippen LogP contribution in [0, 0.1) is 0 Å². The van der Waals surface area contributed by atoms with Gasteiger partial charge in [0.1, 0.15) is 11.9 Å². The molecule has 1 aliphatic heterocycles. The van der Waals surface area contributed by atoms with Gasteiger partial charge >= 0.3 is 0 Å². The van der Waals surface area contributed by atoms with E-state index in [1.165, 1.54) is 49.4 Å². The SMILES string of the molecule is C1=CC2Oc3c(-c4ccc(-c5nc(-c6ccc(-c7cccc8ccccc78)cc6)cc(-c6ccc(-c7cccc8ccccc78)cc6)n5)cc4)cccc3C2C=C1. The van der Waals surface area contributed by atoms with Gasteiger partial charge in [-0.25, -0.2) is 9.97 Å². The van der Waals surface area contributed by atoms with E-state index in [1.54, 1.807) is 0 Å². The number of allylic oxidation sites excluding steroid dienone is 2. The lowest BCUT2D eigenvalue weighted by atomic mass is 9.90. The highest BCUT2D eigenvalue weighted by Gasteiger charge is 2.33. The molecule has 0 amide bonds. The van der Waals surface area contributed by atoms with E-state index in [0.29, 0.717) is 5.82 Å². The number of benzene rings is 8. The average Bonchev–Trinajstić information content (AvgIpc) is 3.68. The van der Waals surface area contributed by atoms with Gasteiger partial charge in [-0.05, 0) is 61.5 Å². The number of ether oxygens (including phenoxy) is 1. The third kappa shape index (κ3) is 5.92. The molecule has 8 aromatic carbocycles. The Hall–Kier alpha value is -7.36. The summed E-state index contributed by atoms with van der Waals surface area (Å²) in [5, 5.41) is 4.96. The monoisotopic (exact) mass is 728 g/mol. The van der Waals surface area contributed by atoms with Gasteiger partial charge in [0.05, 0.1) is 11.4 Å². The van der Waals surface area contributed by atoms with Crippen molar-refractivity contribution in [3.8, 4) is 73.0 Å². The first kappa shape index (κ1) is 33.0. The lowest BCUT2D eigenvalue weighted by Gasteiger charge is -2.14. The quantitative estimate of drug-likeness (QED) is 0.171. The molecular weight excluding hydrogens is 693 g/mol. The Morgan fingerprint density at radius 3 is 1.44 bits per heavy atom. The van der Waals surface area contributed by atoms with Crippen molar-refractivity contribution in [2.45, 2.75) is 12.0 Å². The largest absolute Gasteiger partial charge is 0.484 e. The standard InChI is InChI=1S/C54H36N2O/c1-3-14-43-35(10-1)12-7-17-45(43)37-22-28-40(29-23-37)50-34-51(41-30-24-38(25-31-41)46-18-8-13-36-11-2-4-15-44(36)46)56-54(55-50)42-32-26-39(27-33-42)47-19-9-20-49-48-16-5-6-21-52(48)57-53(47)49/h1-34,48,52H. The molecule has 3 heteroatoms. The third-order valence-electron chi connectivity index (χ3n) is 11.5. The van der Waals surface area contributed by atoms with Crippen LogP contribution < -0.4 is 4.74 Å². The normalized spacial score (nSPS) is 15.4. The molecule has 0 fully saturated rings. The van der Waals surface area contributed by atoms with E-state index >= 15 is 0 Å². The van der Waals surface area contributed by atoms with Gasteiger partial charge < -0.3 is 4.74 Å². The Labute approximate surface area is 331 Å². The van der Waals surface area contributed by atoms with Crippen molar-refractivity contribution in [3.05, 3.63) is 212 Å². The van der Waals surface area contributed by atoms with Crippen molar-refractivity contribution in [2.24, 2.45) is 0 Å². The second-order valence-electron chi connectivity index (χ2n) is 14.8. The summed E-state index contributed by atoms with van der Waals surface area (Å²) in [6, 6.07) is 64.8. The molecule has 9 aromatic rings. The van der Waals surface area contributed by atoms with Crippen molar-refractivity contribution in [1.82, 2.24) is 9.97 Å². The van der Waals surface area contributed by atoms with Crippen LogP contribution in [0.15, 0.2) is 206 Å². The summed E-state index contributed by atoms with van der Waals surface area (Å²) in [6.07, 6.45) is 8.61. The molecule has 2 unspecified atom stereocenters. The van der Waals surface area contributed by atoms with E-state index in [9.17, 15) is 0 Å². The van der Waals surface area contributed by atoms with Gasteiger partial charge in [-0.3, -0.25) is 0 Å². The van der Waals surface area contributed by atoms with Crippen LogP contribution in [-0.4, -0.2) is 16.1 Å². The van der Waals surface area contributed by atoms with E-state index in [-0.39, 0.29) is 12.0 Å². The average molecular weight is 729 g/mol. The lowest BCUT2D eigenvalue weighted by molar-refractivity contribution is 0.270. The van der Waals surface area contributed by atoms with Crippen molar-refractivity contribution >= 4 is 21.5 Å². The first-order chi connectivity index (χ1) is 28.2. The zero-order chi connectivity index (χ0) is 37.7. The van der Waals surface area contributed by atoms with Gasteiger partial charge in [-0.2, -0.15) is 0 Å². The summed E-state index contributed by atoms with van der Waals surface area (Å²) >= 11 is 0. The summed E-state index contributed by atoms with van der Waals surface area (Å²) < 4.78 is 6.49. The third-order valence-corrected chi connectivity index (χ3v) is 11.5. The minimum atomic E-state index is 0.0437. The van der Waals surface area contributed by atoms with E-state index in [1.807, 2.05) is 0 Å². The molecule has 1 aromatic heterocycles. The molecule has 57 heavy (non-hydrogen) atoms. The molecule has 0 N–H and O–H groups in total. The Morgan fingerprint density at radius 2 is 0.842 bits per heavy atom. The first-order valence-corrected chi connectivity index (χ1v) is 19.6. The van der Waals surface area contributed by atoms with Crippen LogP contribution in [0.25, 0.3) is 88.8 Å². The summed E-state index contributed by atoms with van der Waals surface area (Å²) in [6.45, 7) is 0. The van der Waals surface area contributed by atoms with Gasteiger partial charge in [0.15, 0.2) is 5.82 Å². The zero-order valence-corrected chi connectivity index (χ0v) is 31.1. The van der Waals surface area contributed by atoms with Crippen LogP contribution in [0.4, 0.5) is 0 Å². The molecule has 3 nitrogen and oxygen atoms in total. The number of fused-ring (bicyclic) bond motifs is 5. The fourth-order valence-electron chi connectivity index (χ4n) is 8.56. The van der Waals surface area contributed by atoms with Crippen LogP contribution in [0.1, 0.15) is 11.5 Å². The predicted molar refractivity (Wildman–Crippen MR) is 235 cm³/mol. The number of rotatable bonds is 6. The molecule has 268 valence electrons. The van der Waals surface area contributed by atoms with Crippen LogP contribution in [0.5, 0.6) is 5.75 Å². The summed E-state index contributed by atoms with van der Waals surface area (Å²) in [4.78, 5) is 10.4. The molecular formula is C54H36N2O. The second kappa shape index (κ2) is 13.7. The van der Waals surface area contributed by atoms with Gasteiger partial charge in [0.2, 0.25) is 0 Å². The number of hydrogen-bond acceptors (Lipinski definition) is 3. The highest BCUT2D eigenvalue weighted by atomic mass is 16.5. The van der Waals surface area contributed by atoms with Crippen LogP contribution in [-0.2, 0) is 0 Å². The molecule has 2 atom stereocenters. The van der Waals surface area contributed by atoms with E-state index in [4.69, 9.17) is 14.7 Å². The fourth-order valence-corrected chi connectivity index (χ4v) is 8.56. The van der Waals surface area contributed by atoms with Gasteiger partial charge in [0.25, 0.3) is 0 Å². The van der Waals surface area contributed by atoms with Crippen molar-refractivity contribution in [3.63, 3.8) is 0 Å². The zero-order valence-electron chi connectivity index (χ0n) is 31.1. The topological polar surface area (TPSA) is 35.0 Å². The first-order valence-electron chi connectivity index (χ1n) is 19.6. The minimum Gasteiger partial charge on any atom is -0.484 e. The molecule has 1 aliphatic carbocycles. The summed E-state index contributed by atoms with van der Waals surface area (Å²) in [5.41, 5.74) is 13.0. The van der Waals surface area contributed by atoms with E-state index in [2.05, 4.69) is 206 Å². The van der Waals surface area contributed by atoms with Gasteiger partial charge in [-0.1, -0.05) is 194 Å². The molecule has 0 saturated carbocycles. The van der Waals surface area contributed by atoms with Crippen LogP contribution >= 0.6 is 0 Å². The van der Waals surface area contributed by atoms with Crippen molar-refractivity contribution < 1.29 is 4.74 Å². The Morgan fingerprint density at radius 1 is 0.386 bits per heavy atom. The van der Waals surface area contributed by atoms with E-state index in [0.717, 1.165) is 45.0 Å². The summed E-state index contributed by atoms with van der Waals surface area (Å²) in [5.74, 6) is 1.90. The Kier molecular flexibility index (Phi) is 7.96. The minimum absolute atomic E-state index is 0.0437. The van der Waals surface area contributed by atoms with Crippen molar-refractivity contribution in [1.29, 1.82) is 0 Å². The van der Waals surface area contributed by atoms with Crippen LogP contribution in [0.2, 0.25) is 0 Å². The fraction of sp³-hybridized carbons (Fsp3) is 0.0370. The van der Waals surface area contributed by atoms with Crippen LogP contribution in [0.3, 0.4) is 0 Å². The van der Waals surface area contributed by atoms with Crippen molar-refractivity contribution in [2.75, 3.05) is 0 Å². The maximum atomic E-state index is 6.49. The second-order valence-corrected chi connectivity index (χ2v) is 14.8. The number of para-hydroxylation sites is 1. The lowest BCUT2D eigenvalue weighted by Crippen LogP contribution is -2.15. The molecule has 11 rings (SSSR count). The molecule has 0 bridgehead atoms. The highest BCUT2D eigenvalue weighted by Crippen LogP contribution is 2.46. The maximum Gasteiger partial charge on any atom is 0.160 e. The number of aromatic nitrogens is 2. The van der Waals surface area contributed by atoms with Gasteiger partial charge in [0, 0.05) is 33.7 Å². The molecule has 0 spiro atoms. The maximum absolute atomic E-state index is 6.49. The number of hydrogen-bond donors (Lipinski definition) is 0. The Balaban J connectivity index is 0.980. The molecule has 2 aliphatic rings. The van der Waals surface area contributed by atoms with E-state index < -0.39 is 0 Å². The predicted octanol–water partition coefficient (Wildman–Crippen LogP) is 13.8. The summed E-state index contributed by atoms with van der Waals surface area (Å²) in [7, 11) is 0. The smallest absolute Gasteiger partial charge is 0.160 e. The molecule has 0 radical (unpaired) electrons. The van der Waals surface area contributed by atoms with Gasteiger partial charge in [-0.15, -0.1) is 0 Å². The Bertz CT molecular complexity index is 2880. The molecule has 0 saturated heterocycles. The molecule has 2 heterocycles. The highest BCUT2D eigenvalue weighted by molar-refractivity contribution is 5.98.